The fraction of sp³-hybridized carbons (Fsp3) is 0.292. The van der Waals surface area contributed by atoms with Crippen molar-refractivity contribution in [3.63, 3.8) is 0 Å². The van der Waals surface area contributed by atoms with Gasteiger partial charge in [-0.25, -0.2) is 14.7 Å². The Morgan fingerprint density at radius 3 is 2.35 bits per heavy atom. The minimum atomic E-state index is -4.42. The van der Waals surface area contributed by atoms with Crippen LogP contribution in [0.4, 0.5) is 41.1 Å². The van der Waals surface area contributed by atoms with Crippen LogP contribution in [0.3, 0.4) is 0 Å². The molecule has 2 amide bonds. The molecule has 1 N–H and O–H groups in total. The van der Waals surface area contributed by atoms with E-state index in [4.69, 9.17) is 4.74 Å². The van der Waals surface area contributed by atoms with E-state index in [0.717, 1.165) is 12.8 Å². The molecule has 1 aliphatic carbocycles. The predicted molar refractivity (Wildman–Crippen MR) is 122 cm³/mol. The minimum absolute atomic E-state index is 0.177. The molecule has 3 aromatic rings. The van der Waals surface area contributed by atoms with E-state index in [1.807, 2.05) is 24.3 Å². The lowest BCUT2D eigenvalue weighted by atomic mass is 10.1. The Morgan fingerprint density at radius 1 is 1.06 bits per heavy atom. The minimum Gasteiger partial charge on any atom is -0.497 e. The van der Waals surface area contributed by atoms with Crippen molar-refractivity contribution in [2.45, 2.75) is 31.5 Å². The molecule has 0 spiro atoms. The van der Waals surface area contributed by atoms with Gasteiger partial charge in [-0.2, -0.15) is 18.2 Å². The summed E-state index contributed by atoms with van der Waals surface area (Å²) >= 11 is 0. The molecule has 0 radical (unpaired) electrons. The summed E-state index contributed by atoms with van der Waals surface area (Å²) in [5.41, 5.74) is 3.04. The highest BCUT2D eigenvalue weighted by atomic mass is 19.4. The molecule has 5 rings (SSSR count). The first-order chi connectivity index (χ1) is 16.3. The van der Waals surface area contributed by atoms with Gasteiger partial charge in [0.05, 0.1) is 19.3 Å². The summed E-state index contributed by atoms with van der Waals surface area (Å²) in [4.78, 5) is 25.0. The maximum absolute atomic E-state index is 13.7. The number of hydrogen-bond acceptors (Lipinski definition) is 5. The lowest BCUT2D eigenvalue weighted by Crippen LogP contribution is -2.45. The van der Waals surface area contributed by atoms with Crippen LogP contribution in [-0.4, -0.2) is 35.8 Å². The molecule has 1 fully saturated rings. The first-order valence-electron chi connectivity index (χ1n) is 10.8. The number of carbonyl (C=O) groups is 1. The van der Waals surface area contributed by atoms with E-state index in [-0.39, 0.29) is 24.3 Å². The van der Waals surface area contributed by atoms with Crippen molar-refractivity contribution in [1.82, 2.24) is 9.97 Å². The Morgan fingerprint density at radius 2 is 1.74 bits per heavy atom. The van der Waals surface area contributed by atoms with E-state index < -0.39 is 12.7 Å². The molecule has 2 aliphatic rings. The second-order valence-electron chi connectivity index (χ2n) is 8.28. The third-order valence-corrected chi connectivity index (χ3v) is 5.84. The maximum Gasteiger partial charge on any atom is 0.405 e. The second-order valence-corrected chi connectivity index (χ2v) is 8.28. The van der Waals surface area contributed by atoms with Gasteiger partial charge in [0.15, 0.2) is 5.82 Å². The van der Waals surface area contributed by atoms with Crippen molar-refractivity contribution < 1.29 is 22.7 Å². The first kappa shape index (κ1) is 22.0. The van der Waals surface area contributed by atoms with E-state index in [0.29, 0.717) is 28.6 Å². The Hall–Kier alpha value is -3.82. The fourth-order valence-electron chi connectivity index (χ4n) is 3.93. The van der Waals surface area contributed by atoms with E-state index in [9.17, 15) is 18.0 Å². The van der Waals surface area contributed by atoms with Crippen LogP contribution in [0.5, 0.6) is 5.75 Å². The molecule has 34 heavy (non-hydrogen) atoms. The molecule has 0 saturated heterocycles. The quantitative estimate of drug-likeness (QED) is 0.508. The second kappa shape index (κ2) is 8.51. The standard InChI is InChI=1S/C24H22F3N5O2/c1-34-20-10-8-18(9-11-20)31-13-17-12-28-22(29-14-24(25,26)27)30-21(17)32(23(31)33)19-6-4-16(5-7-19)15-2-3-15/h4-12,15H,2-3,13-14H2,1H3,(H,28,29,30). The number of methoxy groups -OCH3 is 1. The number of carbonyl (C=O) groups excluding carboxylic acids is 1. The fourth-order valence-corrected chi connectivity index (χ4v) is 3.93. The van der Waals surface area contributed by atoms with Crippen molar-refractivity contribution in [1.29, 1.82) is 0 Å². The summed E-state index contributed by atoms with van der Waals surface area (Å²) in [6.07, 6.45) is -0.663. The number of anilines is 4. The van der Waals surface area contributed by atoms with Crippen LogP contribution < -0.4 is 19.9 Å². The summed E-state index contributed by atoms with van der Waals surface area (Å²) < 4.78 is 43.3. The zero-order valence-electron chi connectivity index (χ0n) is 18.3. The average Bonchev–Trinajstić information content (AvgIpc) is 3.68. The largest absolute Gasteiger partial charge is 0.497 e. The number of hydrogen-bond donors (Lipinski definition) is 1. The molecule has 2 aromatic carbocycles. The van der Waals surface area contributed by atoms with Gasteiger partial charge < -0.3 is 10.1 Å². The smallest absolute Gasteiger partial charge is 0.405 e. The van der Waals surface area contributed by atoms with E-state index in [1.54, 1.807) is 36.3 Å². The summed E-state index contributed by atoms with van der Waals surface area (Å²) in [6.45, 7) is -1.09. The molecule has 1 aliphatic heterocycles. The molecular weight excluding hydrogens is 447 g/mol. The molecule has 176 valence electrons. The van der Waals surface area contributed by atoms with Gasteiger partial charge in [-0.3, -0.25) is 4.90 Å². The number of benzene rings is 2. The number of alkyl halides is 3. The third kappa shape index (κ3) is 4.48. The Labute approximate surface area is 194 Å². The number of nitrogens with zero attached hydrogens (tertiary/aromatic N) is 4. The molecule has 1 aromatic heterocycles. The van der Waals surface area contributed by atoms with Crippen LogP contribution in [0.2, 0.25) is 0 Å². The zero-order valence-corrected chi connectivity index (χ0v) is 18.3. The van der Waals surface area contributed by atoms with Crippen molar-refractivity contribution in [3.8, 4) is 5.75 Å². The van der Waals surface area contributed by atoms with Crippen LogP contribution in [0.1, 0.15) is 29.9 Å². The van der Waals surface area contributed by atoms with Crippen LogP contribution in [0, 0.1) is 0 Å². The SMILES string of the molecule is COc1ccc(N2Cc3cnc(NCC(F)(F)F)nc3N(c3ccc(C4CC4)cc3)C2=O)cc1. The summed E-state index contributed by atoms with van der Waals surface area (Å²) in [6, 6.07) is 14.4. The van der Waals surface area contributed by atoms with Gasteiger partial charge in [-0.05, 0) is 60.7 Å². The van der Waals surface area contributed by atoms with Gasteiger partial charge in [0, 0.05) is 17.4 Å². The normalized spacial score (nSPS) is 15.8. The van der Waals surface area contributed by atoms with Gasteiger partial charge in [0.25, 0.3) is 0 Å². The van der Waals surface area contributed by atoms with E-state index in [1.165, 1.54) is 16.7 Å². The van der Waals surface area contributed by atoms with Gasteiger partial charge in [-0.15, -0.1) is 0 Å². The lowest BCUT2D eigenvalue weighted by Gasteiger charge is -2.36. The Balaban J connectivity index is 1.53. The number of nitrogens with one attached hydrogen (secondary N) is 1. The number of halogens is 3. The number of ether oxygens (including phenoxy) is 1. The highest BCUT2D eigenvalue weighted by molar-refractivity contribution is 6.10. The molecular formula is C24H22F3N5O2. The van der Waals surface area contributed by atoms with Crippen molar-refractivity contribution in [2.75, 3.05) is 28.8 Å². The molecule has 10 heteroatoms. The summed E-state index contributed by atoms with van der Waals surface area (Å²) in [7, 11) is 1.56. The van der Waals surface area contributed by atoms with E-state index in [2.05, 4.69) is 15.3 Å². The number of amides is 2. The molecule has 7 nitrogen and oxygen atoms in total. The highest BCUT2D eigenvalue weighted by Crippen LogP contribution is 2.42. The third-order valence-electron chi connectivity index (χ3n) is 5.84. The van der Waals surface area contributed by atoms with E-state index >= 15 is 0 Å². The van der Waals surface area contributed by atoms with Gasteiger partial charge >= 0.3 is 12.2 Å². The number of urea groups is 1. The molecule has 0 bridgehead atoms. The number of fused-ring (bicyclic) bond motifs is 1. The Bertz CT molecular complexity index is 1190. The van der Waals surface area contributed by atoms with Crippen molar-refractivity contribution in [2.24, 2.45) is 0 Å². The number of aromatic nitrogens is 2. The Kier molecular flexibility index (Phi) is 5.51. The topological polar surface area (TPSA) is 70.6 Å². The summed E-state index contributed by atoms with van der Waals surface area (Å²) in [5.74, 6) is 1.27. The maximum atomic E-state index is 13.7. The van der Waals surface area contributed by atoms with Crippen LogP contribution in [0.15, 0.2) is 54.7 Å². The molecule has 2 heterocycles. The van der Waals surface area contributed by atoms with Gasteiger partial charge in [-0.1, -0.05) is 12.1 Å². The monoisotopic (exact) mass is 469 g/mol. The van der Waals surface area contributed by atoms with Gasteiger partial charge in [0.1, 0.15) is 12.3 Å². The predicted octanol–water partition coefficient (Wildman–Crippen LogP) is 5.62. The first-order valence-corrected chi connectivity index (χ1v) is 10.8. The van der Waals surface area contributed by atoms with Crippen LogP contribution >= 0.6 is 0 Å². The summed E-state index contributed by atoms with van der Waals surface area (Å²) in [5, 5.41) is 2.20. The average molecular weight is 469 g/mol. The molecule has 1 saturated carbocycles. The lowest BCUT2D eigenvalue weighted by molar-refractivity contribution is -0.115. The molecule has 0 atom stereocenters. The molecule has 0 unspecified atom stereocenters. The highest BCUT2D eigenvalue weighted by Gasteiger charge is 2.35. The zero-order chi connectivity index (χ0) is 23.9. The van der Waals surface area contributed by atoms with Crippen molar-refractivity contribution in [3.05, 3.63) is 65.9 Å². The van der Waals surface area contributed by atoms with Gasteiger partial charge in [0.2, 0.25) is 5.95 Å². The number of rotatable bonds is 6. The van der Waals surface area contributed by atoms with Crippen molar-refractivity contribution >= 4 is 29.2 Å². The van der Waals surface area contributed by atoms with Crippen LogP contribution in [-0.2, 0) is 6.54 Å². The van der Waals surface area contributed by atoms with Crippen LogP contribution in [0.25, 0.3) is 0 Å².